The largest absolute Gasteiger partial charge is 0.464 e. The van der Waals surface area contributed by atoms with E-state index in [1.165, 1.54) is 0 Å². The highest BCUT2D eigenvalue weighted by Crippen LogP contribution is 2.24. The Kier molecular flexibility index (Phi) is 5.73. The van der Waals surface area contributed by atoms with Gasteiger partial charge in [-0.15, -0.1) is 0 Å². The van der Waals surface area contributed by atoms with E-state index in [0.717, 1.165) is 25.1 Å². The van der Waals surface area contributed by atoms with Crippen molar-refractivity contribution in [2.24, 2.45) is 5.73 Å². The molecule has 1 atom stereocenters. The predicted octanol–water partition coefficient (Wildman–Crippen LogP) is 0.465. The molecule has 2 rings (SSSR count). The van der Waals surface area contributed by atoms with Gasteiger partial charge in [-0.2, -0.15) is 0 Å². The quantitative estimate of drug-likeness (QED) is 0.549. The highest BCUT2D eigenvalue weighted by atomic mass is 16.6. The molecule has 1 unspecified atom stereocenters. The molecule has 1 saturated heterocycles. The Morgan fingerprint density at radius 1 is 1.39 bits per heavy atom. The molecule has 0 amide bonds. The van der Waals surface area contributed by atoms with E-state index in [4.69, 9.17) is 19.7 Å². The van der Waals surface area contributed by atoms with Crippen LogP contribution in [0.3, 0.4) is 0 Å². The molecular formula is C15H23N3O5. The number of nitrogens with one attached hydrogen (secondary N) is 1. The molecule has 1 aliphatic heterocycles. The van der Waals surface area contributed by atoms with Gasteiger partial charge in [0, 0.05) is 12.5 Å². The van der Waals surface area contributed by atoms with Gasteiger partial charge in [-0.3, -0.25) is 0 Å². The van der Waals surface area contributed by atoms with E-state index in [2.05, 4.69) is 10.5 Å². The van der Waals surface area contributed by atoms with Crippen molar-refractivity contribution in [1.82, 2.24) is 10.5 Å². The van der Waals surface area contributed by atoms with Crippen LogP contribution < -0.4 is 11.1 Å². The molecule has 0 saturated carbocycles. The Morgan fingerprint density at radius 3 is 2.57 bits per heavy atom. The van der Waals surface area contributed by atoms with E-state index < -0.39 is 17.5 Å². The Hall–Kier alpha value is -1.93. The number of hydrogen-bond donors (Lipinski definition) is 2. The lowest BCUT2D eigenvalue weighted by Crippen LogP contribution is -2.58. The van der Waals surface area contributed by atoms with Gasteiger partial charge in [0.1, 0.15) is 11.5 Å². The molecule has 1 aromatic heterocycles. The first-order chi connectivity index (χ1) is 11.0. The van der Waals surface area contributed by atoms with Crippen LogP contribution in [0.4, 0.5) is 0 Å². The summed E-state index contributed by atoms with van der Waals surface area (Å²) >= 11 is 0. The van der Waals surface area contributed by atoms with Crippen LogP contribution in [0.25, 0.3) is 0 Å². The van der Waals surface area contributed by atoms with E-state index in [9.17, 15) is 9.59 Å². The van der Waals surface area contributed by atoms with Gasteiger partial charge in [0.15, 0.2) is 0 Å². The maximum atomic E-state index is 12.1. The number of ether oxygens (including phenoxy) is 2. The summed E-state index contributed by atoms with van der Waals surface area (Å²) in [5, 5.41) is 7.29. The Morgan fingerprint density at radius 2 is 2.04 bits per heavy atom. The average molecular weight is 325 g/mol. The van der Waals surface area contributed by atoms with Crippen LogP contribution in [0, 0.1) is 0 Å². The number of aromatic nitrogens is 1. The first kappa shape index (κ1) is 17.4. The summed E-state index contributed by atoms with van der Waals surface area (Å²) in [6, 6.07) is 1.84. The van der Waals surface area contributed by atoms with Gasteiger partial charge >= 0.3 is 11.9 Å². The van der Waals surface area contributed by atoms with Gasteiger partial charge in [0.25, 0.3) is 0 Å². The lowest BCUT2D eigenvalue weighted by molar-refractivity contribution is -0.164. The van der Waals surface area contributed by atoms with Gasteiger partial charge in [0.2, 0.25) is 5.54 Å². The molecule has 8 heteroatoms. The molecule has 3 N–H and O–H groups in total. The molecular weight excluding hydrogens is 302 g/mol. The molecule has 23 heavy (non-hydrogen) atoms. The molecule has 1 aromatic rings. The molecule has 2 heterocycles. The minimum Gasteiger partial charge on any atom is -0.464 e. The van der Waals surface area contributed by atoms with Crippen molar-refractivity contribution >= 4 is 11.9 Å². The monoisotopic (exact) mass is 325 g/mol. The number of carbonyl (C=O) groups is 2. The second-order valence-corrected chi connectivity index (χ2v) is 5.46. The van der Waals surface area contributed by atoms with Crippen molar-refractivity contribution in [3.8, 4) is 0 Å². The molecule has 1 fully saturated rings. The standard InChI is InChI=1S/C15H23N3O5/c1-3-21-13(19)15(16,14(20)22-4-2)9-10-8-12(18-23-10)11-6-5-7-17-11/h8,11,17H,3-7,9,16H2,1-2H3. The normalized spacial score (nSPS) is 18.0. The highest BCUT2D eigenvalue weighted by Gasteiger charge is 2.46. The van der Waals surface area contributed by atoms with E-state index in [1.807, 2.05) is 0 Å². The molecule has 0 bridgehead atoms. The van der Waals surface area contributed by atoms with Crippen LogP contribution in [0.15, 0.2) is 10.6 Å². The van der Waals surface area contributed by atoms with E-state index in [-0.39, 0.29) is 25.7 Å². The van der Waals surface area contributed by atoms with Gasteiger partial charge in [-0.1, -0.05) is 5.16 Å². The fourth-order valence-corrected chi connectivity index (χ4v) is 2.54. The lowest BCUT2D eigenvalue weighted by atomic mass is 9.94. The topological polar surface area (TPSA) is 117 Å². The lowest BCUT2D eigenvalue weighted by Gasteiger charge is -2.23. The van der Waals surface area contributed by atoms with Crippen LogP contribution >= 0.6 is 0 Å². The van der Waals surface area contributed by atoms with Gasteiger partial charge in [-0.25, -0.2) is 9.59 Å². The summed E-state index contributed by atoms with van der Waals surface area (Å²) in [5.74, 6) is -1.33. The number of esters is 2. The summed E-state index contributed by atoms with van der Waals surface area (Å²) in [6.07, 6.45) is 1.87. The maximum absolute atomic E-state index is 12.1. The zero-order valence-electron chi connectivity index (χ0n) is 13.5. The third-order valence-corrected chi connectivity index (χ3v) is 3.73. The third-order valence-electron chi connectivity index (χ3n) is 3.73. The van der Waals surface area contributed by atoms with Crippen molar-refractivity contribution in [1.29, 1.82) is 0 Å². The highest BCUT2D eigenvalue weighted by molar-refractivity contribution is 6.04. The minimum atomic E-state index is -1.94. The zero-order chi connectivity index (χ0) is 16.9. The van der Waals surface area contributed by atoms with Crippen molar-refractivity contribution in [3.05, 3.63) is 17.5 Å². The molecule has 0 aromatic carbocycles. The van der Waals surface area contributed by atoms with Crippen LogP contribution in [0.2, 0.25) is 0 Å². The van der Waals surface area contributed by atoms with Gasteiger partial charge < -0.3 is 25.0 Å². The van der Waals surface area contributed by atoms with Gasteiger partial charge in [-0.05, 0) is 33.2 Å². The molecule has 128 valence electrons. The fourth-order valence-electron chi connectivity index (χ4n) is 2.54. The Labute approximate surface area is 134 Å². The maximum Gasteiger partial charge on any atom is 0.338 e. The number of rotatable bonds is 7. The first-order valence-electron chi connectivity index (χ1n) is 7.83. The fraction of sp³-hybridized carbons (Fsp3) is 0.667. The summed E-state index contributed by atoms with van der Waals surface area (Å²) in [4.78, 5) is 24.3. The second-order valence-electron chi connectivity index (χ2n) is 5.46. The van der Waals surface area contributed by atoms with Crippen molar-refractivity contribution in [2.75, 3.05) is 19.8 Å². The number of carbonyl (C=O) groups excluding carboxylic acids is 2. The second kappa shape index (κ2) is 7.56. The smallest absolute Gasteiger partial charge is 0.338 e. The van der Waals surface area contributed by atoms with Crippen LogP contribution in [-0.4, -0.2) is 42.4 Å². The number of nitrogens with zero attached hydrogens (tertiary/aromatic N) is 1. The molecule has 0 aliphatic carbocycles. The summed E-state index contributed by atoms with van der Waals surface area (Å²) < 4.78 is 15.1. The molecule has 0 radical (unpaired) electrons. The first-order valence-corrected chi connectivity index (χ1v) is 7.83. The van der Waals surface area contributed by atoms with Crippen molar-refractivity contribution in [2.45, 2.75) is 44.7 Å². The summed E-state index contributed by atoms with van der Waals surface area (Å²) in [6.45, 7) is 4.44. The van der Waals surface area contributed by atoms with Crippen molar-refractivity contribution < 1.29 is 23.6 Å². The van der Waals surface area contributed by atoms with Crippen LogP contribution in [-0.2, 0) is 25.5 Å². The zero-order valence-corrected chi connectivity index (χ0v) is 13.5. The van der Waals surface area contributed by atoms with Crippen LogP contribution in [0.5, 0.6) is 0 Å². The van der Waals surface area contributed by atoms with Gasteiger partial charge in [0.05, 0.1) is 19.3 Å². The minimum absolute atomic E-state index is 0.116. The van der Waals surface area contributed by atoms with Crippen molar-refractivity contribution in [3.63, 3.8) is 0 Å². The van der Waals surface area contributed by atoms with Crippen LogP contribution in [0.1, 0.15) is 44.2 Å². The molecule has 8 nitrogen and oxygen atoms in total. The third kappa shape index (κ3) is 3.89. The predicted molar refractivity (Wildman–Crippen MR) is 80.4 cm³/mol. The van der Waals surface area contributed by atoms with E-state index in [1.54, 1.807) is 19.9 Å². The SMILES string of the molecule is CCOC(=O)C(N)(Cc1cc(C2CCCN2)no1)C(=O)OCC. The Balaban J connectivity index is 2.16. The average Bonchev–Trinajstić information content (AvgIpc) is 3.18. The number of nitrogens with two attached hydrogens (primary N) is 1. The molecule has 1 aliphatic rings. The van der Waals surface area contributed by atoms with E-state index in [0.29, 0.717) is 5.76 Å². The summed E-state index contributed by atoms with van der Waals surface area (Å²) in [7, 11) is 0. The number of hydrogen-bond acceptors (Lipinski definition) is 8. The summed E-state index contributed by atoms with van der Waals surface area (Å²) in [5.41, 5.74) is 4.80. The molecule has 0 spiro atoms. The van der Waals surface area contributed by atoms with E-state index >= 15 is 0 Å². The Bertz CT molecular complexity index is 533.